The van der Waals surface area contributed by atoms with Gasteiger partial charge < -0.3 is 67.3 Å². The van der Waals surface area contributed by atoms with Gasteiger partial charge >= 0.3 is 11.9 Å². The molecule has 0 saturated heterocycles. The normalized spacial score (nSPS) is 11.2. The van der Waals surface area contributed by atoms with Gasteiger partial charge in [0.2, 0.25) is 5.91 Å². The summed E-state index contributed by atoms with van der Waals surface area (Å²) in [5.74, 6) is -1.45. The standard InChI is InChI=1S/C33H63NO16/c1-2-4-33(38)50-30-29-49-28-27-48-26-25-47-24-23-46-22-21-45-20-19-44-18-17-43-16-15-42-14-13-41-12-11-40-10-9-39-8-3-7-34-31(35)5-6-32(36)37/h2-30H2,1H3,(H,34,35)(H,36,37). The van der Waals surface area contributed by atoms with Crippen LogP contribution in [-0.4, -0.2) is 181 Å². The quantitative estimate of drug-likeness (QED) is 0.0664. The molecule has 0 spiro atoms. The first kappa shape index (κ1) is 48.0. The second kappa shape index (κ2) is 41.4. The van der Waals surface area contributed by atoms with Gasteiger partial charge in [0.15, 0.2) is 0 Å². The van der Waals surface area contributed by atoms with Crippen LogP contribution in [0.3, 0.4) is 0 Å². The second-order valence-electron chi connectivity index (χ2n) is 10.3. The molecule has 17 nitrogen and oxygen atoms in total. The molecule has 0 aromatic heterocycles. The van der Waals surface area contributed by atoms with Gasteiger partial charge in [-0.1, -0.05) is 6.92 Å². The summed E-state index contributed by atoms with van der Waals surface area (Å²) in [5, 5.41) is 11.2. The molecule has 2 N–H and O–H groups in total. The molecule has 17 heteroatoms. The lowest BCUT2D eigenvalue weighted by molar-refractivity contribution is -0.145. The number of rotatable bonds is 42. The van der Waals surface area contributed by atoms with E-state index in [-0.39, 0.29) is 31.3 Å². The average molecular weight is 730 g/mol. The van der Waals surface area contributed by atoms with Crippen LogP contribution in [0.2, 0.25) is 0 Å². The van der Waals surface area contributed by atoms with Crippen LogP contribution in [0.1, 0.15) is 39.0 Å². The molecular formula is C33H63NO16. The molecule has 0 rings (SSSR count). The minimum Gasteiger partial charge on any atom is -0.481 e. The van der Waals surface area contributed by atoms with Crippen molar-refractivity contribution in [3.63, 3.8) is 0 Å². The highest BCUT2D eigenvalue weighted by Gasteiger charge is 2.04. The van der Waals surface area contributed by atoms with E-state index in [4.69, 9.17) is 61.9 Å². The van der Waals surface area contributed by atoms with E-state index >= 15 is 0 Å². The third-order valence-electron chi connectivity index (χ3n) is 6.02. The van der Waals surface area contributed by atoms with E-state index in [2.05, 4.69) is 5.32 Å². The molecule has 0 atom stereocenters. The van der Waals surface area contributed by atoms with Gasteiger partial charge in [0.1, 0.15) is 6.61 Å². The summed E-state index contributed by atoms with van der Waals surface area (Å²) in [6.07, 6.45) is 1.68. The second-order valence-corrected chi connectivity index (χ2v) is 10.3. The Labute approximate surface area is 297 Å². The van der Waals surface area contributed by atoms with Crippen LogP contribution in [-0.2, 0) is 71.2 Å². The van der Waals surface area contributed by atoms with Crippen LogP contribution in [0.5, 0.6) is 0 Å². The molecule has 0 aromatic rings. The third kappa shape index (κ3) is 42.1. The van der Waals surface area contributed by atoms with Crippen LogP contribution in [0.15, 0.2) is 0 Å². The van der Waals surface area contributed by atoms with Crippen molar-refractivity contribution in [2.24, 2.45) is 0 Å². The highest BCUT2D eigenvalue weighted by atomic mass is 16.6. The number of nitrogens with one attached hydrogen (secondary N) is 1. The Morgan fingerprint density at radius 3 is 1.02 bits per heavy atom. The third-order valence-corrected chi connectivity index (χ3v) is 6.02. The van der Waals surface area contributed by atoms with Gasteiger partial charge in [0.25, 0.3) is 0 Å². The van der Waals surface area contributed by atoms with Crippen LogP contribution >= 0.6 is 0 Å². The number of carbonyl (C=O) groups excluding carboxylic acids is 2. The fraction of sp³-hybridized carbons (Fsp3) is 0.909. The maximum Gasteiger partial charge on any atom is 0.305 e. The fourth-order valence-corrected chi connectivity index (χ4v) is 3.50. The van der Waals surface area contributed by atoms with Gasteiger partial charge in [-0.2, -0.15) is 0 Å². The first-order chi connectivity index (χ1) is 24.6. The maximum atomic E-state index is 11.4. The Hall–Kier alpha value is -2.03. The van der Waals surface area contributed by atoms with Crippen molar-refractivity contribution in [2.75, 3.05) is 159 Å². The molecule has 0 aliphatic heterocycles. The lowest BCUT2D eigenvalue weighted by Gasteiger charge is -2.09. The van der Waals surface area contributed by atoms with Crippen molar-refractivity contribution in [3.8, 4) is 0 Å². The highest BCUT2D eigenvalue weighted by molar-refractivity contribution is 5.80. The van der Waals surface area contributed by atoms with Crippen LogP contribution in [0, 0.1) is 0 Å². The van der Waals surface area contributed by atoms with Crippen molar-refractivity contribution in [3.05, 3.63) is 0 Å². The van der Waals surface area contributed by atoms with E-state index in [1.54, 1.807) is 0 Å². The number of ether oxygens (including phenoxy) is 12. The Morgan fingerprint density at radius 1 is 0.420 bits per heavy atom. The topological polar surface area (TPSA) is 194 Å². The Balaban J connectivity index is 3.10. The lowest BCUT2D eigenvalue weighted by atomic mass is 10.3. The first-order valence-electron chi connectivity index (χ1n) is 17.6. The van der Waals surface area contributed by atoms with E-state index in [0.29, 0.717) is 165 Å². The molecule has 0 radical (unpaired) electrons. The molecule has 296 valence electrons. The number of carboxylic acid groups (broad SMARTS) is 1. The number of aliphatic carboxylic acids is 1. The molecule has 0 aliphatic rings. The van der Waals surface area contributed by atoms with Crippen LogP contribution in [0.25, 0.3) is 0 Å². The zero-order chi connectivity index (χ0) is 36.4. The zero-order valence-corrected chi connectivity index (χ0v) is 30.1. The fourth-order valence-electron chi connectivity index (χ4n) is 3.50. The minimum atomic E-state index is -0.985. The van der Waals surface area contributed by atoms with E-state index in [1.807, 2.05) is 6.92 Å². The van der Waals surface area contributed by atoms with Crippen LogP contribution in [0.4, 0.5) is 0 Å². The molecule has 0 aliphatic carbocycles. The van der Waals surface area contributed by atoms with Crippen LogP contribution < -0.4 is 5.32 Å². The molecule has 0 unspecified atom stereocenters. The highest BCUT2D eigenvalue weighted by Crippen LogP contribution is 1.92. The Kier molecular flexibility index (Phi) is 39.7. The van der Waals surface area contributed by atoms with Crippen molar-refractivity contribution < 1.29 is 76.3 Å². The van der Waals surface area contributed by atoms with E-state index in [9.17, 15) is 14.4 Å². The van der Waals surface area contributed by atoms with Gasteiger partial charge in [-0.25, -0.2) is 0 Å². The van der Waals surface area contributed by atoms with E-state index in [1.165, 1.54) is 0 Å². The Bertz CT molecular complexity index is 749. The largest absolute Gasteiger partial charge is 0.481 e. The number of hydrogen-bond acceptors (Lipinski definition) is 15. The smallest absolute Gasteiger partial charge is 0.305 e. The number of carboxylic acids is 1. The van der Waals surface area contributed by atoms with Crippen molar-refractivity contribution in [2.45, 2.75) is 39.0 Å². The summed E-state index contributed by atoms with van der Waals surface area (Å²) in [5.41, 5.74) is 0. The van der Waals surface area contributed by atoms with Crippen molar-refractivity contribution >= 4 is 17.8 Å². The van der Waals surface area contributed by atoms with E-state index < -0.39 is 5.97 Å². The maximum absolute atomic E-state index is 11.4. The van der Waals surface area contributed by atoms with Gasteiger partial charge in [0.05, 0.1) is 145 Å². The molecule has 50 heavy (non-hydrogen) atoms. The number of hydrogen-bond donors (Lipinski definition) is 2. The molecule has 0 fully saturated rings. The number of amides is 1. The van der Waals surface area contributed by atoms with Gasteiger partial charge in [-0.15, -0.1) is 0 Å². The zero-order valence-electron chi connectivity index (χ0n) is 30.1. The average Bonchev–Trinajstić information content (AvgIpc) is 3.10. The SMILES string of the molecule is CCCC(=O)OCCOCCOCCOCCOCCOCCOCCOCCOCCOCCOCCOCCCNC(=O)CCC(=O)O. The summed E-state index contributed by atoms with van der Waals surface area (Å²) in [4.78, 5) is 33.0. The lowest BCUT2D eigenvalue weighted by Crippen LogP contribution is -2.25. The summed E-state index contributed by atoms with van der Waals surface area (Å²) in [6.45, 7) is 12.9. The predicted molar refractivity (Wildman–Crippen MR) is 179 cm³/mol. The van der Waals surface area contributed by atoms with E-state index in [0.717, 1.165) is 6.42 Å². The summed E-state index contributed by atoms with van der Waals surface area (Å²) >= 11 is 0. The molecule has 0 bridgehead atoms. The van der Waals surface area contributed by atoms with Crippen molar-refractivity contribution in [1.82, 2.24) is 5.32 Å². The summed E-state index contributed by atoms with van der Waals surface area (Å²) in [6, 6.07) is 0. The molecule has 0 aromatic carbocycles. The number of esters is 1. The molecule has 0 saturated carbocycles. The number of carbonyl (C=O) groups is 3. The molecule has 0 heterocycles. The van der Waals surface area contributed by atoms with Gasteiger partial charge in [-0.05, 0) is 12.8 Å². The van der Waals surface area contributed by atoms with Gasteiger partial charge in [0, 0.05) is 26.0 Å². The molecular weight excluding hydrogens is 666 g/mol. The first-order valence-corrected chi connectivity index (χ1v) is 17.6. The predicted octanol–water partition coefficient (Wildman–Crippen LogP) is 0.883. The van der Waals surface area contributed by atoms with Crippen molar-refractivity contribution in [1.29, 1.82) is 0 Å². The summed E-state index contributed by atoms with van der Waals surface area (Å²) in [7, 11) is 0. The summed E-state index contributed by atoms with van der Waals surface area (Å²) < 4.78 is 64.7. The van der Waals surface area contributed by atoms with Gasteiger partial charge in [-0.3, -0.25) is 14.4 Å². The molecule has 1 amide bonds. The minimum absolute atomic E-state index is 0.0133. The monoisotopic (exact) mass is 729 g/mol. The Morgan fingerprint density at radius 2 is 0.720 bits per heavy atom.